The molecule has 0 amide bonds. The molecule has 1 aliphatic rings. The van der Waals surface area contributed by atoms with Gasteiger partial charge in [-0.25, -0.2) is 9.37 Å². The molecule has 1 aromatic carbocycles. The molecule has 0 aliphatic carbocycles. The van der Waals surface area contributed by atoms with Gasteiger partial charge in [-0.15, -0.1) is 0 Å². The first-order chi connectivity index (χ1) is 12.2. The average Bonchev–Trinajstić information content (AvgIpc) is 3.25. The fourth-order valence-corrected chi connectivity index (χ4v) is 3.26. The Morgan fingerprint density at radius 3 is 2.92 bits per heavy atom. The van der Waals surface area contributed by atoms with Gasteiger partial charge in [-0.2, -0.15) is 0 Å². The Morgan fingerprint density at radius 2 is 2.12 bits per heavy atom. The van der Waals surface area contributed by atoms with Crippen LogP contribution in [-0.2, 0) is 18.3 Å². The second-order valence-corrected chi connectivity index (χ2v) is 6.20. The summed E-state index contributed by atoms with van der Waals surface area (Å²) in [5.41, 5.74) is 1.63. The van der Waals surface area contributed by atoms with E-state index in [1.807, 2.05) is 19.3 Å². The van der Waals surface area contributed by atoms with Crippen LogP contribution in [0.2, 0.25) is 0 Å². The second-order valence-electron chi connectivity index (χ2n) is 6.20. The van der Waals surface area contributed by atoms with E-state index in [0.29, 0.717) is 37.0 Å². The number of hydrogen-bond donors (Lipinski definition) is 0. The Bertz CT molecular complexity index is 858. The molecule has 5 nitrogen and oxygen atoms in total. The Hall–Kier alpha value is -2.44. The first-order valence-corrected chi connectivity index (χ1v) is 8.35. The van der Waals surface area contributed by atoms with E-state index in [4.69, 9.17) is 9.15 Å². The van der Waals surface area contributed by atoms with E-state index in [-0.39, 0.29) is 11.9 Å². The van der Waals surface area contributed by atoms with E-state index >= 15 is 0 Å². The summed E-state index contributed by atoms with van der Waals surface area (Å²) in [5, 5.41) is 0. The third kappa shape index (κ3) is 3.23. The van der Waals surface area contributed by atoms with Gasteiger partial charge in [-0.05, 0) is 24.3 Å². The van der Waals surface area contributed by atoms with Crippen LogP contribution in [0.3, 0.4) is 0 Å². The zero-order valence-electron chi connectivity index (χ0n) is 14.1. The summed E-state index contributed by atoms with van der Waals surface area (Å²) >= 11 is 0. The van der Waals surface area contributed by atoms with Crippen molar-refractivity contribution < 1.29 is 13.5 Å². The van der Waals surface area contributed by atoms with Crippen LogP contribution in [0.25, 0.3) is 11.3 Å². The van der Waals surface area contributed by atoms with Crippen LogP contribution in [0, 0.1) is 5.82 Å². The molecule has 3 aromatic rings. The molecule has 3 heterocycles. The molecular weight excluding hydrogens is 321 g/mol. The van der Waals surface area contributed by atoms with Crippen LogP contribution in [-0.4, -0.2) is 34.2 Å². The highest BCUT2D eigenvalue weighted by Gasteiger charge is 2.27. The summed E-state index contributed by atoms with van der Waals surface area (Å²) in [7, 11) is 2.03. The average molecular weight is 341 g/mol. The topological polar surface area (TPSA) is 43.4 Å². The monoisotopic (exact) mass is 341 g/mol. The molecule has 0 spiro atoms. The number of halogens is 1. The molecule has 1 atom stereocenters. The number of oxazole rings is 1. The maximum absolute atomic E-state index is 13.9. The lowest BCUT2D eigenvalue weighted by atomic mass is 10.1. The number of aryl methyl sites for hydroxylation is 1. The van der Waals surface area contributed by atoms with Crippen molar-refractivity contribution in [2.45, 2.75) is 12.6 Å². The van der Waals surface area contributed by atoms with Crippen molar-refractivity contribution in [3.63, 3.8) is 0 Å². The minimum absolute atomic E-state index is 0.151. The molecule has 1 fully saturated rings. The Kier molecular flexibility index (Phi) is 4.38. The predicted octanol–water partition coefficient (Wildman–Crippen LogP) is 3.39. The fourth-order valence-electron chi connectivity index (χ4n) is 3.26. The summed E-state index contributed by atoms with van der Waals surface area (Å²) in [6.07, 6.45) is 3.62. The van der Waals surface area contributed by atoms with E-state index < -0.39 is 0 Å². The smallest absolute Gasteiger partial charge is 0.209 e. The first-order valence-electron chi connectivity index (χ1n) is 8.35. The number of benzene rings is 1. The maximum atomic E-state index is 13.9. The van der Waals surface area contributed by atoms with Crippen LogP contribution in [0.4, 0.5) is 4.39 Å². The second kappa shape index (κ2) is 6.82. The lowest BCUT2D eigenvalue weighted by molar-refractivity contribution is -0.0185. The molecule has 0 bridgehead atoms. The van der Waals surface area contributed by atoms with Crippen LogP contribution in [0.5, 0.6) is 0 Å². The van der Waals surface area contributed by atoms with Gasteiger partial charge >= 0.3 is 0 Å². The van der Waals surface area contributed by atoms with Gasteiger partial charge in [0.05, 0.1) is 37.6 Å². The largest absolute Gasteiger partial charge is 0.439 e. The predicted molar refractivity (Wildman–Crippen MR) is 91.3 cm³/mol. The van der Waals surface area contributed by atoms with Crippen LogP contribution >= 0.6 is 0 Å². The van der Waals surface area contributed by atoms with E-state index in [9.17, 15) is 4.39 Å². The fraction of sp³-hybridized carbons (Fsp3) is 0.316. The van der Waals surface area contributed by atoms with E-state index in [1.54, 1.807) is 24.4 Å². The summed E-state index contributed by atoms with van der Waals surface area (Å²) in [6, 6.07) is 10.8. The Labute approximate surface area is 145 Å². The lowest BCUT2D eigenvalue weighted by Gasteiger charge is -2.35. The van der Waals surface area contributed by atoms with Crippen molar-refractivity contribution in [1.29, 1.82) is 0 Å². The maximum Gasteiger partial charge on any atom is 0.209 e. The Balaban J connectivity index is 1.55. The van der Waals surface area contributed by atoms with E-state index in [0.717, 1.165) is 6.54 Å². The van der Waals surface area contributed by atoms with Crippen molar-refractivity contribution in [3.05, 3.63) is 66.2 Å². The van der Waals surface area contributed by atoms with Crippen molar-refractivity contribution in [3.8, 4) is 11.3 Å². The third-order valence-electron chi connectivity index (χ3n) is 4.60. The van der Waals surface area contributed by atoms with Crippen molar-refractivity contribution >= 4 is 0 Å². The molecule has 4 rings (SSSR count). The minimum atomic E-state index is -0.307. The Morgan fingerprint density at radius 1 is 1.24 bits per heavy atom. The van der Waals surface area contributed by atoms with Crippen LogP contribution < -0.4 is 0 Å². The van der Waals surface area contributed by atoms with E-state index in [1.165, 1.54) is 11.8 Å². The number of rotatable bonds is 4. The number of hydrogen-bond acceptors (Lipinski definition) is 4. The van der Waals surface area contributed by atoms with Crippen molar-refractivity contribution in [1.82, 2.24) is 14.5 Å². The summed E-state index contributed by atoms with van der Waals surface area (Å²) in [4.78, 5) is 6.63. The molecule has 0 unspecified atom stereocenters. The SMILES string of the molecule is Cn1cccc1[C@@H]1COCCN1Cc1ncc(-c2ccccc2F)o1. The molecule has 0 radical (unpaired) electrons. The van der Waals surface area contributed by atoms with Gasteiger partial charge in [-0.1, -0.05) is 12.1 Å². The molecule has 0 N–H and O–H groups in total. The summed E-state index contributed by atoms with van der Waals surface area (Å²) in [5.74, 6) is 0.731. The first kappa shape index (κ1) is 16.1. The van der Waals surface area contributed by atoms with Crippen LogP contribution in [0.15, 0.2) is 53.2 Å². The third-order valence-corrected chi connectivity index (χ3v) is 4.60. The number of nitrogens with zero attached hydrogens (tertiary/aromatic N) is 3. The molecule has 0 saturated carbocycles. The van der Waals surface area contributed by atoms with Crippen molar-refractivity contribution in [2.75, 3.05) is 19.8 Å². The van der Waals surface area contributed by atoms with Gasteiger partial charge in [0, 0.05) is 25.5 Å². The number of ether oxygens (including phenoxy) is 1. The van der Waals surface area contributed by atoms with E-state index in [2.05, 4.69) is 20.5 Å². The van der Waals surface area contributed by atoms with Crippen LogP contribution in [0.1, 0.15) is 17.6 Å². The van der Waals surface area contributed by atoms with Gasteiger partial charge < -0.3 is 13.7 Å². The highest BCUT2D eigenvalue weighted by molar-refractivity contribution is 5.56. The molecule has 1 aliphatic heterocycles. The summed E-state index contributed by atoms with van der Waals surface area (Å²) in [6.45, 7) is 2.68. The van der Waals surface area contributed by atoms with Gasteiger partial charge in [0.2, 0.25) is 5.89 Å². The molecule has 25 heavy (non-hydrogen) atoms. The quantitative estimate of drug-likeness (QED) is 0.730. The molecular formula is C19H20FN3O2. The zero-order chi connectivity index (χ0) is 17.2. The number of aromatic nitrogens is 2. The standard InChI is InChI=1S/C19H20FN3O2/c1-22-8-4-7-16(22)17-13-24-10-9-23(17)12-19-21-11-18(25-19)14-5-2-3-6-15(14)20/h2-8,11,17H,9-10,12-13H2,1H3/t17-/m0/s1. The lowest BCUT2D eigenvalue weighted by Crippen LogP contribution is -2.39. The van der Waals surface area contributed by atoms with Gasteiger partial charge in [0.25, 0.3) is 0 Å². The molecule has 1 saturated heterocycles. The highest BCUT2D eigenvalue weighted by Crippen LogP contribution is 2.28. The minimum Gasteiger partial charge on any atom is -0.439 e. The number of morpholine rings is 1. The van der Waals surface area contributed by atoms with Gasteiger partial charge in [-0.3, -0.25) is 4.90 Å². The highest BCUT2D eigenvalue weighted by atomic mass is 19.1. The molecule has 6 heteroatoms. The van der Waals surface area contributed by atoms with Gasteiger partial charge in [0.1, 0.15) is 5.82 Å². The van der Waals surface area contributed by atoms with Gasteiger partial charge in [0.15, 0.2) is 5.76 Å². The normalized spacial score (nSPS) is 18.6. The summed E-state index contributed by atoms with van der Waals surface area (Å²) < 4.78 is 27.5. The molecule has 130 valence electrons. The van der Waals surface area contributed by atoms with Crippen molar-refractivity contribution in [2.24, 2.45) is 7.05 Å². The zero-order valence-corrected chi connectivity index (χ0v) is 14.1. The molecule has 2 aromatic heterocycles.